The number of amides is 4. The molecule has 170 valence electrons. The van der Waals surface area contributed by atoms with E-state index >= 15 is 0 Å². The van der Waals surface area contributed by atoms with Crippen LogP contribution < -0.4 is 14.8 Å². The molecule has 0 radical (unpaired) electrons. The molecule has 4 rings (SSSR count). The highest BCUT2D eigenvalue weighted by Gasteiger charge is 2.50. The Morgan fingerprint density at radius 1 is 1.22 bits per heavy atom. The highest BCUT2D eigenvalue weighted by Crippen LogP contribution is 2.36. The number of nitrogens with one attached hydrogen (secondary N) is 1. The average Bonchev–Trinajstić information content (AvgIpc) is 3.16. The Labute approximate surface area is 195 Å². The van der Waals surface area contributed by atoms with E-state index in [-0.39, 0.29) is 12.5 Å². The molecule has 1 aromatic heterocycles. The van der Waals surface area contributed by atoms with Gasteiger partial charge >= 0.3 is 6.03 Å². The predicted octanol–water partition coefficient (Wildman–Crippen LogP) is 3.38. The van der Waals surface area contributed by atoms with Crippen molar-refractivity contribution in [2.45, 2.75) is 32.4 Å². The molecule has 2 aliphatic heterocycles. The van der Waals surface area contributed by atoms with Gasteiger partial charge in [0, 0.05) is 17.8 Å². The molecule has 0 spiro atoms. The van der Waals surface area contributed by atoms with Gasteiger partial charge < -0.3 is 19.7 Å². The molecule has 32 heavy (non-hydrogen) atoms. The average molecular weight is 478 g/mol. The molecular weight excluding hydrogens is 454 g/mol. The number of urea groups is 1. The molecule has 0 unspecified atom stereocenters. The lowest BCUT2D eigenvalue weighted by atomic mass is 9.91. The number of imide groups is 1. The Kier molecular flexibility index (Phi) is 6.30. The minimum atomic E-state index is -1.31. The summed E-state index contributed by atoms with van der Waals surface area (Å²) in [7, 11) is 0. The summed E-state index contributed by atoms with van der Waals surface area (Å²) in [6.45, 7) is 5.02. The number of halogens is 1. The first-order valence-electron chi connectivity index (χ1n) is 10.4. The third kappa shape index (κ3) is 4.27. The van der Waals surface area contributed by atoms with Crippen molar-refractivity contribution in [1.29, 1.82) is 0 Å². The topological polar surface area (TPSA) is 88.2 Å². The normalized spacial score (nSPS) is 20.2. The van der Waals surface area contributed by atoms with Crippen molar-refractivity contribution in [3.05, 3.63) is 45.1 Å². The smallest absolute Gasteiger partial charge is 0.325 e. The van der Waals surface area contributed by atoms with Gasteiger partial charge in [-0.15, -0.1) is 11.3 Å². The molecular formula is C22H24ClN3O5S. The number of ether oxygens (including phenoxy) is 2. The minimum Gasteiger partial charge on any atom is -0.490 e. The van der Waals surface area contributed by atoms with Crippen molar-refractivity contribution >= 4 is 40.8 Å². The lowest BCUT2D eigenvalue weighted by molar-refractivity contribution is -0.139. The molecule has 1 fully saturated rings. The molecule has 2 aliphatic rings. The number of hydrogen-bond acceptors (Lipinski definition) is 6. The van der Waals surface area contributed by atoms with E-state index in [9.17, 15) is 14.4 Å². The summed E-state index contributed by atoms with van der Waals surface area (Å²) >= 11 is 7.37. The van der Waals surface area contributed by atoms with Crippen molar-refractivity contribution in [2.24, 2.45) is 0 Å². The van der Waals surface area contributed by atoms with Crippen LogP contribution in [0, 0.1) is 0 Å². The molecule has 1 aromatic carbocycles. The van der Waals surface area contributed by atoms with Crippen LogP contribution in [0.4, 0.5) is 4.79 Å². The second-order valence-electron chi connectivity index (χ2n) is 7.77. The number of carbonyl (C=O) groups excluding carboxylic acids is 3. The Bertz CT molecular complexity index is 1060. The van der Waals surface area contributed by atoms with Crippen LogP contribution in [-0.4, -0.2) is 53.9 Å². The highest BCUT2D eigenvalue weighted by molar-refractivity contribution is 7.16. The first kappa shape index (κ1) is 22.4. The van der Waals surface area contributed by atoms with E-state index in [0.717, 1.165) is 16.2 Å². The zero-order valence-corrected chi connectivity index (χ0v) is 19.4. The van der Waals surface area contributed by atoms with Gasteiger partial charge in [-0.3, -0.25) is 14.5 Å². The second kappa shape index (κ2) is 8.99. The predicted molar refractivity (Wildman–Crippen MR) is 120 cm³/mol. The number of fused-ring (bicyclic) bond motifs is 1. The third-order valence-electron chi connectivity index (χ3n) is 5.60. The standard InChI is InChI=1S/C22H24ClN3O5S/c1-3-25(12-15-6-8-18(23)32-15)19(27)13-26-20(28)22(2,24-21(26)29)14-5-7-16-17(11-14)31-10-4-9-30-16/h5-8,11H,3-4,9-10,12-13H2,1-2H3,(H,24,29)/t22-/m1/s1. The Morgan fingerprint density at radius 3 is 2.66 bits per heavy atom. The zero-order chi connectivity index (χ0) is 22.9. The lowest BCUT2D eigenvalue weighted by Crippen LogP contribution is -2.44. The van der Waals surface area contributed by atoms with Crippen molar-refractivity contribution in [3.63, 3.8) is 0 Å². The molecule has 2 aromatic rings. The van der Waals surface area contributed by atoms with Crippen LogP contribution in [-0.2, 0) is 21.7 Å². The van der Waals surface area contributed by atoms with Crippen molar-refractivity contribution < 1.29 is 23.9 Å². The molecule has 0 aliphatic carbocycles. The maximum absolute atomic E-state index is 13.3. The summed E-state index contributed by atoms with van der Waals surface area (Å²) in [5.41, 5.74) is -0.740. The number of benzene rings is 1. The first-order valence-corrected chi connectivity index (χ1v) is 11.6. The van der Waals surface area contributed by atoms with E-state index in [1.54, 1.807) is 36.1 Å². The van der Waals surface area contributed by atoms with E-state index in [1.807, 2.05) is 13.0 Å². The Morgan fingerprint density at radius 2 is 1.97 bits per heavy atom. The maximum Gasteiger partial charge on any atom is 0.325 e. The fraction of sp³-hybridized carbons (Fsp3) is 0.409. The van der Waals surface area contributed by atoms with Gasteiger partial charge in [0.15, 0.2) is 11.5 Å². The van der Waals surface area contributed by atoms with Crippen LogP contribution in [0.1, 0.15) is 30.7 Å². The van der Waals surface area contributed by atoms with E-state index in [4.69, 9.17) is 21.1 Å². The van der Waals surface area contributed by atoms with Crippen LogP contribution in [0.5, 0.6) is 11.5 Å². The molecule has 1 N–H and O–H groups in total. The molecule has 1 atom stereocenters. The fourth-order valence-electron chi connectivity index (χ4n) is 3.75. The van der Waals surface area contributed by atoms with Gasteiger partial charge in [-0.05, 0) is 43.7 Å². The molecule has 4 amide bonds. The van der Waals surface area contributed by atoms with Gasteiger partial charge in [0.2, 0.25) is 5.91 Å². The number of nitrogens with zero attached hydrogens (tertiary/aromatic N) is 2. The van der Waals surface area contributed by atoms with E-state index in [2.05, 4.69) is 5.32 Å². The van der Waals surface area contributed by atoms with Gasteiger partial charge in [-0.25, -0.2) is 4.79 Å². The number of hydrogen-bond donors (Lipinski definition) is 1. The molecule has 10 heteroatoms. The van der Waals surface area contributed by atoms with Crippen LogP contribution >= 0.6 is 22.9 Å². The van der Waals surface area contributed by atoms with Crippen molar-refractivity contribution in [1.82, 2.24) is 15.1 Å². The largest absolute Gasteiger partial charge is 0.490 e. The summed E-state index contributed by atoms with van der Waals surface area (Å²) in [6.07, 6.45) is 0.762. The van der Waals surface area contributed by atoms with Crippen molar-refractivity contribution in [3.8, 4) is 11.5 Å². The SMILES string of the molecule is CCN(Cc1ccc(Cl)s1)C(=O)CN1C(=O)N[C@](C)(c2ccc3c(c2)OCCCO3)C1=O. The minimum absolute atomic E-state index is 0.316. The third-order valence-corrected chi connectivity index (χ3v) is 6.82. The monoisotopic (exact) mass is 477 g/mol. The van der Waals surface area contributed by atoms with E-state index in [1.165, 1.54) is 11.3 Å². The van der Waals surface area contributed by atoms with Gasteiger partial charge in [0.25, 0.3) is 5.91 Å². The lowest BCUT2D eigenvalue weighted by Gasteiger charge is -2.25. The number of thiophene rings is 1. The number of likely N-dealkylation sites (N-methyl/N-ethyl adjacent to an activating group) is 1. The molecule has 8 nitrogen and oxygen atoms in total. The zero-order valence-electron chi connectivity index (χ0n) is 17.9. The van der Waals surface area contributed by atoms with E-state index in [0.29, 0.717) is 47.7 Å². The van der Waals surface area contributed by atoms with Gasteiger partial charge in [-0.2, -0.15) is 0 Å². The number of rotatable bonds is 6. The molecule has 1 saturated heterocycles. The van der Waals surface area contributed by atoms with Crippen LogP contribution in [0.25, 0.3) is 0 Å². The first-order chi connectivity index (χ1) is 15.3. The Hall–Kier alpha value is -2.78. The van der Waals surface area contributed by atoms with Crippen LogP contribution in [0.3, 0.4) is 0 Å². The fourth-order valence-corrected chi connectivity index (χ4v) is 4.85. The summed E-state index contributed by atoms with van der Waals surface area (Å²) < 4.78 is 12.0. The van der Waals surface area contributed by atoms with Crippen molar-refractivity contribution in [2.75, 3.05) is 26.3 Å². The second-order valence-corrected chi connectivity index (χ2v) is 9.57. The maximum atomic E-state index is 13.3. The molecule has 0 bridgehead atoms. The summed E-state index contributed by atoms with van der Waals surface area (Å²) in [6, 6.07) is 8.21. The highest BCUT2D eigenvalue weighted by atomic mass is 35.5. The molecule has 0 saturated carbocycles. The van der Waals surface area contributed by atoms with Crippen LogP contribution in [0.2, 0.25) is 4.34 Å². The summed E-state index contributed by atoms with van der Waals surface area (Å²) in [4.78, 5) is 42.3. The quantitative estimate of drug-likeness (QED) is 0.644. The summed E-state index contributed by atoms with van der Waals surface area (Å²) in [5, 5.41) is 2.74. The Balaban J connectivity index is 1.50. The van der Waals surface area contributed by atoms with Gasteiger partial charge in [0.1, 0.15) is 12.1 Å². The van der Waals surface area contributed by atoms with Gasteiger partial charge in [0.05, 0.1) is 24.1 Å². The number of carbonyl (C=O) groups is 3. The van der Waals surface area contributed by atoms with E-state index < -0.39 is 17.5 Å². The van der Waals surface area contributed by atoms with Crippen LogP contribution in [0.15, 0.2) is 30.3 Å². The molecule has 3 heterocycles. The van der Waals surface area contributed by atoms with Gasteiger partial charge in [-0.1, -0.05) is 17.7 Å². The summed E-state index contributed by atoms with van der Waals surface area (Å²) in [5.74, 6) is 0.333.